The minimum atomic E-state index is -4.67. The molecule has 0 fully saturated rings. The number of rotatable bonds is 7. The Morgan fingerprint density at radius 2 is 1.50 bits per heavy atom. The van der Waals surface area contributed by atoms with Crippen molar-refractivity contribution in [1.29, 1.82) is 0 Å². The van der Waals surface area contributed by atoms with Crippen molar-refractivity contribution >= 4 is 5.69 Å². The molecule has 28 heavy (non-hydrogen) atoms. The van der Waals surface area contributed by atoms with Gasteiger partial charge in [-0.3, -0.25) is 0 Å². The first-order chi connectivity index (χ1) is 12.8. The normalized spacial score (nSPS) is 12.8. The lowest BCUT2D eigenvalue weighted by atomic mass is 10.1. The predicted molar refractivity (Wildman–Crippen MR) is 91.0 cm³/mol. The molecule has 0 aliphatic heterocycles. The zero-order valence-corrected chi connectivity index (χ0v) is 15.0. The minimum absolute atomic E-state index is 0.0640. The van der Waals surface area contributed by atoms with Gasteiger partial charge in [-0.1, -0.05) is 18.2 Å². The van der Waals surface area contributed by atoms with Crippen LogP contribution < -0.4 is 10.1 Å². The van der Waals surface area contributed by atoms with E-state index in [4.69, 9.17) is 0 Å². The van der Waals surface area contributed by atoms with Crippen LogP contribution in [0.3, 0.4) is 0 Å². The van der Waals surface area contributed by atoms with E-state index in [1.807, 2.05) is 0 Å². The van der Waals surface area contributed by atoms with E-state index < -0.39 is 29.5 Å². The Bertz CT molecular complexity index is 795. The van der Waals surface area contributed by atoms with Crippen molar-refractivity contribution in [2.75, 3.05) is 11.9 Å². The van der Waals surface area contributed by atoms with Crippen LogP contribution in [-0.2, 0) is 12.6 Å². The average Bonchev–Trinajstić information content (AvgIpc) is 2.56. The van der Waals surface area contributed by atoms with Crippen molar-refractivity contribution in [2.24, 2.45) is 0 Å². The molecule has 0 aliphatic rings. The lowest BCUT2D eigenvalue weighted by molar-refractivity contribution is -0.301. The summed E-state index contributed by atoms with van der Waals surface area (Å²) < 4.78 is 94.6. The van der Waals surface area contributed by atoms with Gasteiger partial charge in [-0.15, -0.1) is 0 Å². The fourth-order valence-corrected chi connectivity index (χ4v) is 2.26. The standard InChI is InChI=1S/C19H18F7NO/c1-12-3-8-15(11-16(12)28-19(25,26)17(2,20)21)27-10-9-13-4-6-14(7-5-13)18(22,23)24/h3-8,11,27H,9-10H2,1-2H3. The van der Waals surface area contributed by atoms with E-state index in [1.165, 1.54) is 31.2 Å². The molecule has 0 radical (unpaired) electrons. The monoisotopic (exact) mass is 409 g/mol. The lowest BCUT2D eigenvalue weighted by Gasteiger charge is -2.24. The van der Waals surface area contributed by atoms with E-state index in [1.54, 1.807) is 6.07 Å². The molecule has 0 bridgehead atoms. The molecule has 0 saturated carbocycles. The van der Waals surface area contributed by atoms with Crippen LogP contribution >= 0.6 is 0 Å². The first kappa shape index (κ1) is 21.8. The Morgan fingerprint density at radius 3 is 2.04 bits per heavy atom. The summed E-state index contributed by atoms with van der Waals surface area (Å²) in [5, 5.41) is 2.90. The maximum Gasteiger partial charge on any atom is 0.463 e. The first-order valence-corrected chi connectivity index (χ1v) is 8.25. The van der Waals surface area contributed by atoms with Crippen LogP contribution in [0.4, 0.5) is 36.4 Å². The second-order valence-electron chi connectivity index (χ2n) is 6.36. The maximum atomic E-state index is 13.4. The van der Waals surface area contributed by atoms with E-state index >= 15 is 0 Å². The van der Waals surface area contributed by atoms with Gasteiger partial charge < -0.3 is 10.1 Å². The van der Waals surface area contributed by atoms with Gasteiger partial charge in [0.05, 0.1) is 5.56 Å². The lowest BCUT2D eigenvalue weighted by Crippen LogP contribution is -2.43. The smallest absolute Gasteiger partial charge is 0.428 e. The number of ether oxygens (including phenoxy) is 1. The Kier molecular flexibility index (Phi) is 6.15. The number of nitrogens with one attached hydrogen (secondary N) is 1. The summed E-state index contributed by atoms with van der Waals surface area (Å²) in [5.74, 6) is -4.75. The zero-order valence-electron chi connectivity index (χ0n) is 15.0. The van der Waals surface area contributed by atoms with Gasteiger partial charge in [0.25, 0.3) is 0 Å². The van der Waals surface area contributed by atoms with Crippen molar-refractivity contribution < 1.29 is 35.5 Å². The van der Waals surface area contributed by atoms with Crippen LogP contribution in [0.25, 0.3) is 0 Å². The summed E-state index contributed by atoms with van der Waals surface area (Å²) in [5.41, 5.74) is 0.486. The van der Waals surface area contributed by atoms with Gasteiger partial charge in [0.15, 0.2) is 0 Å². The maximum absolute atomic E-state index is 13.4. The molecule has 0 unspecified atom stereocenters. The summed E-state index contributed by atoms with van der Waals surface area (Å²) in [6.45, 7) is 1.79. The van der Waals surface area contributed by atoms with Crippen LogP contribution in [0.15, 0.2) is 42.5 Å². The van der Waals surface area contributed by atoms with Crippen molar-refractivity contribution in [1.82, 2.24) is 0 Å². The third kappa shape index (κ3) is 5.53. The number of anilines is 1. The van der Waals surface area contributed by atoms with Crippen LogP contribution in [0.5, 0.6) is 5.75 Å². The van der Waals surface area contributed by atoms with Crippen LogP contribution in [-0.4, -0.2) is 18.6 Å². The molecular weight excluding hydrogens is 391 g/mol. The Balaban J connectivity index is 2.00. The average molecular weight is 409 g/mol. The Morgan fingerprint density at radius 1 is 0.893 bits per heavy atom. The summed E-state index contributed by atoms with van der Waals surface area (Å²) >= 11 is 0. The van der Waals surface area contributed by atoms with Crippen molar-refractivity contribution in [3.8, 4) is 5.75 Å². The second kappa shape index (κ2) is 7.89. The SMILES string of the molecule is Cc1ccc(NCCc2ccc(C(F)(F)F)cc2)cc1OC(F)(F)C(C)(F)F. The zero-order chi connectivity index (χ0) is 21.2. The predicted octanol–water partition coefficient (Wildman–Crippen LogP) is 6.30. The van der Waals surface area contributed by atoms with E-state index in [2.05, 4.69) is 10.1 Å². The topological polar surface area (TPSA) is 21.3 Å². The van der Waals surface area contributed by atoms with E-state index in [9.17, 15) is 30.7 Å². The van der Waals surface area contributed by atoms with Gasteiger partial charge in [-0.25, -0.2) is 0 Å². The Hall–Kier alpha value is -2.45. The van der Waals surface area contributed by atoms with Gasteiger partial charge in [0.1, 0.15) is 5.75 Å². The third-order valence-corrected chi connectivity index (χ3v) is 3.96. The van der Waals surface area contributed by atoms with Gasteiger partial charge >= 0.3 is 18.2 Å². The molecule has 2 aromatic carbocycles. The first-order valence-electron chi connectivity index (χ1n) is 8.25. The molecule has 0 amide bonds. The molecule has 0 aliphatic carbocycles. The number of halogens is 7. The number of hydrogen-bond donors (Lipinski definition) is 1. The Labute approximate surface area is 157 Å². The van der Waals surface area contributed by atoms with Gasteiger partial charge in [-0.05, 0) is 42.7 Å². The van der Waals surface area contributed by atoms with E-state index in [0.29, 0.717) is 17.7 Å². The summed E-state index contributed by atoms with van der Waals surface area (Å²) in [4.78, 5) is 0. The van der Waals surface area contributed by atoms with E-state index in [0.717, 1.165) is 12.1 Å². The molecule has 2 rings (SSSR count). The molecule has 0 saturated heterocycles. The second-order valence-corrected chi connectivity index (χ2v) is 6.36. The molecule has 1 N–H and O–H groups in total. The number of alkyl halides is 7. The number of benzene rings is 2. The summed E-state index contributed by atoms with van der Waals surface area (Å²) in [7, 11) is 0. The highest BCUT2D eigenvalue weighted by Crippen LogP contribution is 2.37. The summed E-state index contributed by atoms with van der Waals surface area (Å²) in [6.07, 6.45) is -8.71. The fourth-order valence-electron chi connectivity index (χ4n) is 2.26. The minimum Gasteiger partial charge on any atom is -0.428 e. The molecule has 2 nitrogen and oxygen atoms in total. The highest BCUT2D eigenvalue weighted by molar-refractivity contribution is 5.51. The van der Waals surface area contributed by atoms with Crippen molar-refractivity contribution in [2.45, 2.75) is 38.5 Å². The van der Waals surface area contributed by atoms with E-state index in [-0.39, 0.29) is 19.0 Å². The molecule has 154 valence electrons. The van der Waals surface area contributed by atoms with Crippen molar-refractivity contribution in [3.63, 3.8) is 0 Å². The molecule has 0 spiro atoms. The molecule has 0 aromatic heterocycles. The van der Waals surface area contributed by atoms with Crippen LogP contribution in [0.1, 0.15) is 23.6 Å². The molecule has 0 atom stereocenters. The van der Waals surface area contributed by atoms with Crippen LogP contribution in [0.2, 0.25) is 0 Å². The van der Waals surface area contributed by atoms with Gasteiger partial charge in [0, 0.05) is 25.2 Å². The quantitative estimate of drug-likeness (QED) is 0.543. The molecule has 2 aromatic rings. The van der Waals surface area contributed by atoms with Gasteiger partial charge in [0.2, 0.25) is 0 Å². The number of hydrogen-bond acceptors (Lipinski definition) is 2. The molecule has 0 heterocycles. The van der Waals surface area contributed by atoms with Gasteiger partial charge in [-0.2, -0.15) is 30.7 Å². The largest absolute Gasteiger partial charge is 0.463 e. The fraction of sp³-hybridized carbons (Fsp3) is 0.368. The highest BCUT2D eigenvalue weighted by atomic mass is 19.4. The highest BCUT2D eigenvalue weighted by Gasteiger charge is 2.55. The van der Waals surface area contributed by atoms with Crippen molar-refractivity contribution in [3.05, 3.63) is 59.2 Å². The summed E-state index contributed by atoms with van der Waals surface area (Å²) in [6, 6.07) is 8.79. The molecule has 9 heteroatoms. The molecular formula is C19H18F7NO. The van der Waals surface area contributed by atoms with Crippen LogP contribution in [0, 0.1) is 6.92 Å². The number of aryl methyl sites for hydroxylation is 1. The third-order valence-electron chi connectivity index (χ3n) is 3.96.